The van der Waals surface area contributed by atoms with Crippen molar-refractivity contribution in [2.45, 2.75) is 12.5 Å². The van der Waals surface area contributed by atoms with Crippen molar-refractivity contribution < 1.29 is 27.1 Å². The molecule has 0 heterocycles. The van der Waals surface area contributed by atoms with Crippen LogP contribution in [0.1, 0.15) is 0 Å². The van der Waals surface area contributed by atoms with Crippen molar-refractivity contribution in [1.29, 1.82) is 0 Å². The molecule has 3 nitrogen and oxygen atoms in total. The largest absolute Gasteiger partial charge is 0.461 e. The summed E-state index contributed by atoms with van der Waals surface area (Å²) in [6.45, 7) is 0. The smallest absolute Gasteiger partial charge is 0.427 e. The van der Waals surface area contributed by atoms with Crippen molar-refractivity contribution >= 4 is 23.4 Å². The Morgan fingerprint density at radius 1 is 1.41 bits per heavy atom. The van der Waals surface area contributed by atoms with E-state index in [1.165, 1.54) is 6.08 Å². The lowest BCUT2D eigenvalue weighted by molar-refractivity contribution is -0.253. The second kappa shape index (κ2) is 5.16. The van der Waals surface area contributed by atoms with Gasteiger partial charge in [-0.25, -0.2) is 4.79 Å². The summed E-state index contributed by atoms with van der Waals surface area (Å²) in [6, 6.07) is 2.99. The van der Waals surface area contributed by atoms with Crippen molar-refractivity contribution in [3.8, 4) is 5.75 Å². The van der Waals surface area contributed by atoms with Crippen LogP contribution in [-0.4, -0.2) is 18.6 Å². The van der Waals surface area contributed by atoms with Crippen LogP contribution in [-0.2, 0) is 4.79 Å². The van der Waals surface area contributed by atoms with Crippen molar-refractivity contribution in [2.75, 3.05) is 0 Å². The number of alkyl halides is 4. The highest BCUT2D eigenvalue weighted by atomic mass is 35.5. The molecular weight excluding hydrogens is 266 g/mol. The van der Waals surface area contributed by atoms with E-state index in [-0.39, 0.29) is 10.7 Å². The molecule has 0 saturated carbocycles. The Morgan fingerprint density at radius 3 is 2.53 bits per heavy atom. The van der Waals surface area contributed by atoms with Gasteiger partial charge in [0.25, 0.3) is 0 Å². The highest BCUT2D eigenvalue weighted by Crippen LogP contribution is 2.34. The summed E-state index contributed by atoms with van der Waals surface area (Å²) in [5.41, 5.74) is 0.0395. The lowest BCUT2D eigenvalue weighted by atomic mass is 10.3. The summed E-state index contributed by atoms with van der Waals surface area (Å²) in [5.74, 6) is -0.637. The Kier molecular flexibility index (Phi) is 4.09. The Labute approximate surface area is 97.7 Å². The van der Waals surface area contributed by atoms with Gasteiger partial charge in [0.05, 0.1) is 10.7 Å². The van der Waals surface area contributed by atoms with Gasteiger partial charge in [0.2, 0.25) is 6.08 Å². The summed E-state index contributed by atoms with van der Waals surface area (Å²) in [5, 5.41) is -0.373. The molecule has 17 heavy (non-hydrogen) atoms. The van der Waals surface area contributed by atoms with Crippen LogP contribution in [0.5, 0.6) is 5.75 Å². The van der Waals surface area contributed by atoms with E-state index in [9.17, 15) is 22.4 Å². The van der Waals surface area contributed by atoms with Crippen LogP contribution in [0.25, 0.3) is 0 Å². The maximum absolute atomic E-state index is 12.5. The molecule has 0 fully saturated rings. The van der Waals surface area contributed by atoms with Crippen LogP contribution in [0.4, 0.5) is 23.2 Å². The third-order valence-corrected chi connectivity index (χ3v) is 1.89. The number of halogens is 5. The van der Waals surface area contributed by atoms with Crippen LogP contribution in [0, 0.1) is 0 Å². The fraction of sp³-hybridized carbons (Fsp3) is 0.222. The van der Waals surface area contributed by atoms with Crippen LogP contribution in [0.3, 0.4) is 0 Å². The lowest BCUT2D eigenvalue weighted by Gasteiger charge is -2.17. The van der Waals surface area contributed by atoms with Gasteiger partial charge in [0.15, 0.2) is 0 Å². The Hall–Kier alpha value is -1.59. The molecule has 0 aliphatic carbocycles. The first-order valence-corrected chi connectivity index (χ1v) is 4.47. The Balaban J connectivity index is 2.97. The molecule has 0 saturated heterocycles. The van der Waals surface area contributed by atoms with E-state index in [4.69, 9.17) is 11.6 Å². The number of aliphatic imine (C=N–C) groups is 1. The van der Waals surface area contributed by atoms with Gasteiger partial charge in [-0.15, -0.1) is 0 Å². The quantitative estimate of drug-likeness (QED) is 0.476. The first-order chi connectivity index (χ1) is 7.86. The average Bonchev–Trinajstić information content (AvgIpc) is 2.22. The third-order valence-electron chi connectivity index (χ3n) is 1.59. The summed E-state index contributed by atoms with van der Waals surface area (Å²) in [7, 11) is 0. The van der Waals surface area contributed by atoms with E-state index in [1.807, 2.05) is 0 Å². The van der Waals surface area contributed by atoms with E-state index >= 15 is 0 Å². The maximum atomic E-state index is 12.5. The molecule has 0 N–H and O–H groups in total. The fourth-order valence-corrected chi connectivity index (χ4v) is 1.10. The number of ether oxygens (including phenoxy) is 1. The zero-order valence-corrected chi connectivity index (χ0v) is 8.72. The SMILES string of the molecule is O=C=Nc1ccc(OC(F)(F)C(F)F)c(Cl)c1. The van der Waals surface area contributed by atoms with Crippen LogP contribution in [0.15, 0.2) is 23.2 Å². The van der Waals surface area contributed by atoms with Gasteiger partial charge < -0.3 is 4.74 Å². The predicted octanol–water partition coefficient (Wildman–Crippen LogP) is 3.54. The minimum atomic E-state index is -4.64. The Bertz CT molecular complexity index is 460. The van der Waals surface area contributed by atoms with E-state index in [0.29, 0.717) is 0 Å². The molecule has 0 aromatic heterocycles. The van der Waals surface area contributed by atoms with Crippen molar-refractivity contribution in [1.82, 2.24) is 0 Å². The van der Waals surface area contributed by atoms with Gasteiger partial charge in [-0.05, 0) is 18.2 Å². The lowest BCUT2D eigenvalue weighted by Crippen LogP contribution is -2.33. The monoisotopic (exact) mass is 269 g/mol. The molecule has 8 heteroatoms. The number of rotatable bonds is 4. The zero-order valence-electron chi connectivity index (χ0n) is 7.96. The standard InChI is InChI=1S/C9H4ClF4NO2/c10-6-3-5(15-4-16)1-2-7(6)17-9(13,14)8(11)12/h1-3,8H. The molecule has 0 atom stereocenters. The Morgan fingerprint density at radius 2 is 2.06 bits per heavy atom. The summed E-state index contributed by atoms with van der Waals surface area (Å²) in [6.07, 6.45) is -7.42. The molecule has 0 bridgehead atoms. The highest BCUT2D eigenvalue weighted by molar-refractivity contribution is 6.32. The topological polar surface area (TPSA) is 38.7 Å². The third kappa shape index (κ3) is 3.44. The van der Waals surface area contributed by atoms with Crippen LogP contribution < -0.4 is 4.74 Å². The molecule has 1 aromatic carbocycles. The maximum Gasteiger partial charge on any atom is 0.461 e. The number of hydrogen-bond acceptors (Lipinski definition) is 3. The molecule has 1 rings (SSSR count). The number of isocyanates is 1. The van der Waals surface area contributed by atoms with Crippen molar-refractivity contribution in [2.24, 2.45) is 4.99 Å². The van der Waals surface area contributed by atoms with Gasteiger partial charge in [-0.1, -0.05) is 11.6 Å². The predicted molar refractivity (Wildman–Crippen MR) is 50.8 cm³/mol. The number of carbonyl (C=O) groups excluding carboxylic acids is 1. The number of benzene rings is 1. The van der Waals surface area contributed by atoms with Gasteiger partial charge >= 0.3 is 12.5 Å². The van der Waals surface area contributed by atoms with E-state index in [0.717, 1.165) is 18.2 Å². The van der Waals surface area contributed by atoms with Gasteiger partial charge in [0, 0.05) is 0 Å². The van der Waals surface area contributed by atoms with Crippen molar-refractivity contribution in [3.05, 3.63) is 23.2 Å². The van der Waals surface area contributed by atoms with Gasteiger partial charge in [-0.2, -0.15) is 22.6 Å². The fourth-order valence-electron chi connectivity index (χ4n) is 0.886. The molecule has 92 valence electrons. The average molecular weight is 270 g/mol. The number of nitrogens with zero attached hydrogens (tertiary/aromatic N) is 1. The second-order valence-corrected chi connectivity index (χ2v) is 3.19. The zero-order chi connectivity index (χ0) is 13.1. The summed E-state index contributed by atoms with van der Waals surface area (Å²) < 4.78 is 52.5. The molecular formula is C9H4ClF4NO2. The second-order valence-electron chi connectivity index (χ2n) is 2.78. The van der Waals surface area contributed by atoms with Crippen LogP contribution >= 0.6 is 11.6 Å². The molecule has 1 aromatic rings. The van der Waals surface area contributed by atoms with E-state index < -0.39 is 18.3 Å². The van der Waals surface area contributed by atoms with Gasteiger partial charge in [0.1, 0.15) is 5.75 Å². The van der Waals surface area contributed by atoms with Crippen molar-refractivity contribution in [3.63, 3.8) is 0 Å². The summed E-state index contributed by atoms with van der Waals surface area (Å²) >= 11 is 5.48. The molecule has 0 aliphatic rings. The molecule has 0 amide bonds. The summed E-state index contributed by atoms with van der Waals surface area (Å²) in [4.78, 5) is 13.1. The first-order valence-electron chi connectivity index (χ1n) is 4.09. The number of hydrogen-bond donors (Lipinski definition) is 0. The van der Waals surface area contributed by atoms with Crippen LogP contribution in [0.2, 0.25) is 5.02 Å². The normalized spacial score (nSPS) is 11.2. The molecule has 0 aliphatic heterocycles. The van der Waals surface area contributed by atoms with E-state index in [2.05, 4.69) is 9.73 Å². The highest BCUT2D eigenvalue weighted by Gasteiger charge is 2.44. The van der Waals surface area contributed by atoms with E-state index in [1.54, 1.807) is 0 Å². The molecule has 0 spiro atoms. The minimum Gasteiger partial charge on any atom is -0.427 e. The minimum absolute atomic E-state index is 0.0395. The van der Waals surface area contributed by atoms with Gasteiger partial charge in [-0.3, -0.25) is 0 Å². The first kappa shape index (κ1) is 13.5. The molecule has 0 radical (unpaired) electrons. The molecule has 0 unspecified atom stereocenters.